The summed E-state index contributed by atoms with van der Waals surface area (Å²) in [6, 6.07) is 8.26. The lowest BCUT2D eigenvalue weighted by molar-refractivity contribution is 0.0675. The average molecular weight is 405 g/mol. The summed E-state index contributed by atoms with van der Waals surface area (Å²) in [7, 11) is -3.02. The first-order chi connectivity index (χ1) is 12.8. The Balaban J connectivity index is 1.55. The summed E-state index contributed by atoms with van der Waals surface area (Å²) in [5, 5.41) is 2.62. The Morgan fingerprint density at radius 2 is 1.85 bits per heavy atom. The number of amides is 1. The Morgan fingerprint density at radius 3 is 2.41 bits per heavy atom. The van der Waals surface area contributed by atoms with Crippen LogP contribution in [0.3, 0.4) is 0 Å². The van der Waals surface area contributed by atoms with E-state index in [2.05, 4.69) is 31.0 Å². The van der Waals surface area contributed by atoms with Crippen LogP contribution in [0.4, 0.5) is 0 Å². The van der Waals surface area contributed by atoms with Gasteiger partial charge in [-0.1, -0.05) is 38.1 Å². The summed E-state index contributed by atoms with van der Waals surface area (Å²) in [6.45, 7) is 4.32. The number of hydrogen-bond donors (Lipinski definition) is 0. The van der Waals surface area contributed by atoms with Crippen molar-refractivity contribution in [2.45, 2.75) is 51.1 Å². The molecular weight excluding hydrogens is 380 g/mol. The Hall–Kier alpha value is -1.73. The number of carbonyl (C=O) groups excluding carboxylic acids is 1. The molecule has 1 saturated carbocycles. The van der Waals surface area contributed by atoms with E-state index in [0.29, 0.717) is 18.0 Å². The van der Waals surface area contributed by atoms with Crippen LogP contribution >= 0.6 is 11.3 Å². The molecule has 1 saturated heterocycles. The van der Waals surface area contributed by atoms with Gasteiger partial charge in [-0.05, 0) is 30.7 Å². The zero-order valence-corrected chi connectivity index (χ0v) is 17.2. The van der Waals surface area contributed by atoms with E-state index >= 15 is 0 Å². The largest absolute Gasteiger partial charge is 0.330 e. The lowest BCUT2D eigenvalue weighted by atomic mass is 10.0. The van der Waals surface area contributed by atoms with Gasteiger partial charge < -0.3 is 4.90 Å². The second-order valence-electron chi connectivity index (χ2n) is 7.82. The van der Waals surface area contributed by atoms with Crippen LogP contribution in [-0.4, -0.2) is 47.8 Å². The van der Waals surface area contributed by atoms with Crippen LogP contribution in [0.15, 0.2) is 29.6 Å². The van der Waals surface area contributed by atoms with Gasteiger partial charge in [0, 0.05) is 23.0 Å². The number of carbonyl (C=O) groups is 1. The first-order valence-corrected chi connectivity index (χ1v) is 12.1. The third kappa shape index (κ3) is 3.94. The highest BCUT2D eigenvalue weighted by atomic mass is 32.2. The van der Waals surface area contributed by atoms with E-state index in [1.165, 1.54) is 16.9 Å². The number of benzene rings is 1. The molecule has 2 aliphatic rings. The summed E-state index contributed by atoms with van der Waals surface area (Å²) >= 11 is 1.46. The molecule has 2 aromatic rings. The standard InChI is InChI=1S/C20H24N2O3S2/c1-13(2)14-3-5-15(6-4-14)19-21-18(11-26-19)20(23)22(16-7-8-16)17-9-10-27(24,25)12-17/h3-6,11,13,16-17H,7-10,12H2,1-2H3/t17-/m1/s1. The van der Waals surface area contributed by atoms with Gasteiger partial charge in [-0.25, -0.2) is 13.4 Å². The number of sulfone groups is 1. The summed E-state index contributed by atoms with van der Waals surface area (Å²) in [4.78, 5) is 19.5. The number of thiazole rings is 1. The summed E-state index contributed by atoms with van der Waals surface area (Å²) in [6.07, 6.45) is 2.45. The van der Waals surface area contributed by atoms with E-state index in [1.54, 1.807) is 10.3 Å². The van der Waals surface area contributed by atoms with Crippen molar-refractivity contribution in [3.05, 3.63) is 40.9 Å². The van der Waals surface area contributed by atoms with Crippen molar-refractivity contribution in [1.29, 1.82) is 0 Å². The van der Waals surface area contributed by atoms with Crippen LogP contribution in [0, 0.1) is 0 Å². The number of nitrogens with zero attached hydrogens (tertiary/aromatic N) is 2. The van der Waals surface area contributed by atoms with E-state index in [-0.39, 0.29) is 29.5 Å². The topological polar surface area (TPSA) is 67.3 Å². The number of hydrogen-bond acceptors (Lipinski definition) is 5. The molecule has 27 heavy (non-hydrogen) atoms. The Labute approximate surface area is 164 Å². The Bertz CT molecular complexity index is 944. The average Bonchev–Trinajstić information content (AvgIpc) is 3.21. The maximum atomic E-state index is 13.1. The van der Waals surface area contributed by atoms with E-state index in [4.69, 9.17) is 0 Å². The SMILES string of the molecule is CC(C)c1ccc(-c2nc(C(=O)N(C3CC3)[C@@H]3CCS(=O)(=O)C3)cs2)cc1. The molecule has 7 heteroatoms. The van der Waals surface area contributed by atoms with Crippen LogP contribution in [0.2, 0.25) is 0 Å². The zero-order chi connectivity index (χ0) is 19.2. The fourth-order valence-corrected chi connectivity index (χ4v) is 6.14. The molecule has 2 heterocycles. The molecule has 5 nitrogen and oxygen atoms in total. The predicted octanol–water partition coefficient (Wildman–Crippen LogP) is 3.73. The molecule has 0 N–H and O–H groups in total. The first-order valence-electron chi connectivity index (χ1n) is 9.43. The van der Waals surface area contributed by atoms with Gasteiger partial charge in [0.25, 0.3) is 5.91 Å². The van der Waals surface area contributed by atoms with Crippen LogP contribution in [-0.2, 0) is 9.84 Å². The van der Waals surface area contributed by atoms with Crippen molar-refractivity contribution < 1.29 is 13.2 Å². The second-order valence-corrected chi connectivity index (χ2v) is 10.9. The number of aromatic nitrogens is 1. The molecule has 0 spiro atoms. The van der Waals surface area contributed by atoms with Gasteiger partial charge in [-0.3, -0.25) is 4.79 Å². The van der Waals surface area contributed by atoms with Gasteiger partial charge in [-0.2, -0.15) is 0 Å². The summed E-state index contributed by atoms with van der Waals surface area (Å²) in [5.74, 6) is 0.616. The van der Waals surface area contributed by atoms with Gasteiger partial charge in [0.15, 0.2) is 9.84 Å². The second kappa shape index (κ2) is 7.02. The molecular formula is C20H24N2O3S2. The maximum absolute atomic E-state index is 13.1. The highest BCUT2D eigenvalue weighted by Gasteiger charge is 2.42. The minimum Gasteiger partial charge on any atom is -0.330 e. The third-order valence-electron chi connectivity index (χ3n) is 5.32. The van der Waals surface area contributed by atoms with E-state index in [1.807, 2.05) is 12.1 Å². The van der Waals surface area contributed by atoms with Crippen molar-refractivity contribution >= 4 is 27.1 Å². The van der Waals surface area contributed by atoms with Crippen LogP contribution < -0.4 is 0 Å². The van der Waals surface area contributed by atoms with Gasteiger partial charge in [0.1, 0.15) is 10.7 Å². The minimum absolute atomic E-state index is 0.0862. The smallest absolute Gasteiger partial charge is 0.273 e. The molecule has 1 aliphatic carbocycles. The van der Waals surface area contributed by atoms with Gasteiger partial charge in [-0.15, -0.1) is 11.3 Å². The molecule has 1 aliphatic heterocycles. The van der Waals surface area contributed by atoms with Crippen molar-refractivity contribution in [3.8, 4) is 10.6 Å². The molecule has 1 aromatic carbocycles. The molecule has 144 valence electrons. The van der Waals surface area contributed by atoms with Gasteiger partial charge in [0.05, 0.1) is 11.5 Å². The van der Waals surface area contributed by atoms with Crippen LogP contribution in [0.5, 0.6) is 0 Å². The molecule has 4 rings (SSSR count). The Kier molecular flexibility index (Phi) is 4.84. The van der Waals surface area contributed by atoms with Gasteiger partial charge >= 0.3 is 0 Å². The number of rotatable bonds is 5. The van der Waals surface area contributed by atoms with Gasteiger partial charge in [0.2, 0.25) is 0 Å². The van der Waals surface area contributed by atoms with E-state index in [0.717, 1.165) is 23.4 Å². The molecule has 1 atom stereocenters. The molecule has 0 unspecified atom stereocenters. The quantitative estimate of drug-likeness (QED) is 0.762. The monoisotopic (exact) mass is 404 g/mol. The zero-order valence-electron chi connectivity index (χ0n) is 15.6. The van der Waals surface area contributed by atoms with Crippen molar-refractivity contribution in [2.24, 2.45) is 0 Å². The lowest BCUT2D eigenvalue weighted by Gasteiger charge is -2.27. The predicted molar refractivity (Wildman–Crippen MR) is 108 cm³/mol. The fourth-order valence-electron chi connectivity index (χ4n) is 3.62. The van der Waals surface area contributed by atoms with Crippen molar-refractivity contribution in [1.82, 2.24) is 9.88 Å². The molecule has 2 fully saturated rings. The van der Waals surface area contributed by atoms with Crippen molar-refractivity contribution in [3.63, 3.8) is 0 Å². The molecule has 1 amide bonds. The van der Waals surface area contributed by atoms with E-state index in [9.17, 15) is 13.2 Å². The Morgan fingerprint density at radius 1 is 1.15 bits per heavy atom. The van der Waals surface area contributed by atoms with E-state index < -0.39 is 9.84 Å². The molecule has 0 radical (unpaired) electrons. The normalized spacial score (nSPS) is 21.5. The third-order valence-corrected chi connectivity index (χ3v) is 7.97. The highest BCUT2D eigenvalue weighted by molar-refractivity contribution is 7.91. The van der Waals surface area contributed by atoms with Crippen LogP contribution in [0.25, 0.3) is 10.6 Å². The summed E-state index contributed by atoms with van der Waals surface area (Å²) in [5.41, 5.74) is 2.71. The maximum Gasteiger partial charge on any atom is 0.273 e. The lowest BCUT2D eigenvalue weighted by Crippen LogP contribution is -2.42. The van der Waals surface area contributed by atoms with Crippen molar-refractivity contribution in [2.75, 3.05) is 11.5 Å². The first kappa shape index (κ1) is 18.6. The molecule has 0 bridgehead atoms. The highest BCUT2D eigenvalue weighted by Crippen LogP contribution is 2.34. The molecule has 1 aromatic heterocycles. The van der Waals surface area contributed by atoms with Crippen LogP contribution in [0.1, 0.15) is 55.1 Å². The fraction of sp³-hybridized carbons (Fsp3) is 0.500. The minimum atomic E-state index is -3.02. The summed E-state index contributed by atoms with van der Waals surface area (Å²) < 4.78 is 23.7.